The van der Waals surface area contributed by atoms with E-state index in [4.69, 9.17) is 14.2 Å². The van der Waals surface area contributed by atoms with Crippen LogP contribution in [0.4, 0.5) is 0 Å². The molecule has 0 bridgehead atoms. The van der Waals surface area contributed by atoms with Gasteiger partial charge in [0.15, 0.2) is 6.29 Å². The molecule has 0 spiro atoms. The maximum atomic E-state index is 5.63. The van der Waals surface area contributed by atoms with Gasteiger partial charge in [-0.25, -0.2) is 0 Å². The fourth-order valence-electron chi connectivity index (χ4n) is 2.47. The largest absolute Gasteiger partial charge is 1.00 e. The molecule has 1 unspecified atom stereocenters. The lowest BCUT2D eigenvalue weighted by Gasteiger charge is -2.33. The monoisotopic (exact) mass is 308 g/mol. The Kier molecular flexibility index (Phi) is 5.67. The van der Waals surface area contributed by atoms with Gasteiger partial charge in [0.1, 0.15) is 5.75 Å². The zero-order valence-corrected chi connectivity index (χ0v) is 12.7. The van der Waals surface area contributed by atoms with E-state index >= 15 is 0 Å². The molecule has 1 fully saturated rings. The zero-order chi connectivity index (χ0) is 13.8. The molecule has 2 heterocycles. The van der Waals surface area contributed by atoms with Crippen molar-refractivity contribution < 1.29 is 26.6 Å². The lowest BCUT2D eigenvalue weighted by Crippen LogP contribution is -3.00. The van der Waals surface area contributed by atoms with Crippen molar-refractivity contribution in [1.82, 2.24) is 4.90 Å². The lowest BCUT2D eigenvalue weighted by molar-refractivity contribution is -0.0789. The molecular weight excluding hydrogens is 290 g/mol. The molecule has 21 heavy (non-hydrogen) atoms. The maximum Gasteiger partial charge on any atom is 0.181 e. The molecule has 2 aliphatic heterocycles. The molecule has 1 atom stereocenters. The van der Waals surface area contributed by atoms with Crippen LogP contribution in [0.5, 0.6) is 5.75 Å². The Balaban J connectivity index is 0.00000161. The molecule has 1 aromatic rings. The minimum atomic E-state index is -0.172. The second-order valence-corrected chi connectivity index (χ2v) is 4.85. The van der Waals surface area contributed by atoms with Crippen molar-refractivity contribution in [1.29, 1.82) is 0 Å². The van der Waals surface area contributed by atoms with Crippen LogP contribution in [0.3, 0.4) is 0 Å². The second kappa shape index (κ2) is 7.50. The highest BCUT2D eigenvalue weighted by Crippen LogP contribution is 2.22. The van der Waals surface area contributed by atoms with E-state index in [1.54, 1.807) is 7.11 Å². The van der Waals surface area contributed by atoms with Gasteiger partial charge in [-0.3, -0.25) is 0 Å². The SMILES string of the molecule is COc1ccc(CN2C=CC=CC2C2OCCO2)cc1.[Cl-]. The van der Waals surface area contributed by atoms with Gasteiger partial charge >= 0.3 is 0 Å². The Bertz CT molecular complexity index is 495. The molecule has 0 amide bonds. The minimum Gasteiger partial charge on any atom is -1.00 e. The standard InChI is InChI=1S/C16H19NO3.ClH/c1-18-14-7-5-13(6-8-14)12-17-9-3-2-4-15(17)16-19-10-11-20-16;/h2-9,15-16H,10-12H2,1H3;1H/p-1. The molecule has 0 aromatic heterocycles. The van der Waals surface area contributed by atoms with Crippen LogP contribution in [0.2, 0.25) is 0 Å². The number of ether oxygens (including phenoxy) is 3. The third-order valence-corrected chi connectivity index (χ3v) is 3.53. The van der Waals surface area contributed by atoms with Crippen LogP contribution in [0.1, 0.15) is 5.56 Å². The predicted octanol–water partition coefficient (Wildman–Crippen LogP) is -0.674. The molecule has 0 N–H and O–H groups in total. The smallest absolute Gasteiger partial charge is 0.181 e. The van der Waals surface area contributed by atoms with E-state index in [0.717, 1.165) is 12.3 Å². The summed E-state index contributed by atoms with van der Waals surface area (Å²) >= 11 is 0. The van der Waals surface area contributed by atoms with Gasteiger partial charge < -0.3 is 31.5 Å². The summed E-state index contributed by atoms with van der Waals surface area (Å²) in [7, 11) is 1.68. The van der Waals surface area contributed by atoms with Gasteiger partial charge in [-0.15, -0.1) is 0 Å². The first-order valence-corrected chi connectivity index (χ1v) is 6.84. The van der Waals surface area contributed by atoms with Crippen molar-refractivity contribution in [3.8, 4) is 5.75 Å². The van der Waals surface area contributed by atoms with Crippen LogP contribution in [0, 0.1) is 0 Å². The number of rotatable bonds is 4. The molecule has 1 saturated heterocycles. The number of benzene rings is 1. The van der Waals surface area contributed by atoms with Gasteiger partial charge in [0.2, 0.25) is 0 Å². The number of halogens is 1. The van der Waals surface area contributed by atoms with Crippen LogP contribution >= 0.6 is 0 Å². The normalized spacial score (nSPS) is 21.4. The van der Waals surface area contributed by atoms with Crippen LogP contribution in [-0.2, 0) is 16.0 Å². The van der Waals surface area contributed by atoms with E-state index in [1.165, 1.54) is 5.56 Å². The fraction of sp³-hybridized carbons (Fsp3) is 0.375. The first-order chi connectivity index (χ1) is 9.86. The molecule has 2 aliphatic rings. The molecule has 5 heteroatoms. The molecule has 114 valence electrons. The van der Waals surface area contributed by atoms with Crippen LogP contribution < -0.4 is 17.1 Å². The Morgan fingerprint density at radius 3 is 2.52 bits per heavy atom. The minimum absolute atomic E-state index is 0. The van der Waals surface area contributed by atoms with Crippen molar-refractivity contribution in [2.45, 2.75) is 18.9 Å². The summed E-state index contributed by atoms with van der Waals surface area (Å²) in [6.45, 7) is 2.17. The first kappa shape index (κ1) is 15.9. The third kappa shape index (κ3) is 3.79. The number of methoxy groups -OCH3 is 1. The average Bonchev–Trinajstić information content (AvgIpc) is 3.03. The third-order valence-electron chi connectivity index (χ3n) is 3.53. The van der Waals surface area contributed by atoms with E-state index in [9.17, 15) is 0 Å². The molecular formula is C16H19ClNO3-. The van der Waals surface area contributed by atoms with Crippen molar-refractivity contribution in [2.75, 3.05) is 20.3 Å². The van der Waals surface area contributed by atoms with Crippen LogP contribution in [0.25, 0.3) is 0 Å². The summed E-state index contributed by atoms with van der Waals surface area (Å²) in [6.07, 6.45) is 8.11. The van der Waals surface area contributed by atoms with Gasteiger partial charge in [-0.05, 0) is 23.8 Å². The van der Waals surface area contributed by atoms with E-state index in [-0.39, 0.29) is 24.7 Å². The number of hydrogen-bond acceptors (Lipinski definition) is 4. The van der Waals surface area contributed by atoms with Gasteiger partial charge in [0, 0.05) is 12.7 Å². The summed E-state index contributed by atoms with van der Waals surface area (Å²) < 4.78 is 16.4. The number of hydrogen-bond donors (Lipinski definition) is 0. The Labute approximate surface area is 131 Å². The quantitative estimate of drug-likeness (QED) is 0.738. The summed E-state index contributed by atoms with van der Waals surface area (Å²) in [5.74, 6) is 0.877. The van der Waals surface area contributed by atoms with Crippen molar-refractivity contribution in [3.05, 3.63) is 54.3 Å². The summed E-state index contributed by atoms with van der Waals surface area (Å²) in [6, 6.07) is 8.26. The van der Waals surface area contributed by atoms with Crippen LogP contribution in [0.15, 0.2) is 48.7 Å². The highest BCUT2D eigenvalue weighted by molar-refractivity contribution is 5.28. The maximum absolute atomic E-state index is 5.63. The topological polar surface area (TPSA) is 30.9 Å². The van der Waals surface area contributed by atoms with Gasteiger partial charge in [-0.1, -0.05) is 24.3 Å². The summed E-state index contributed by atoms with van der Waals surface area (Å²) in [5, 5.41) is 0. The summed E-state index contributed by atoms with van der Waals surface area (Å²) in [4.78, 5) is 2.23. The molecule has 0 saturated carbocycles. The Morgan fingerprint density at radius 2 is 1.86 bits per heavy atom. The molecule has 3 rings (SSSR count). The van der Waals surface area contributed by atoms with Gasteiger partial charge in [0.05, 0.1) is 26.4 Å². The zero-order valence-electron chi connectivity index (χ0n) is 11.9. The molecule has 0 radical (unpaired) electrons. The number of nitrogens with zero attached hydrogens (tertiary/aromatic N) is 1. The lowest BCUT2D eigenvalue weighted by atomic mass is 10.1. The van der Waals surface area contributed by atoms with E-state index in [1.807, 2.05) is 24.3 Å². The van der Waals surface area contributed by atoms with E-state index in [0.29, 0.717) is 13.2 Å². The van der Waals surface area contributed by atoms with Crippen molar-refractivity contribution in [3.63, 3.8) is 0 Å². The van der Waals surface area contributed by atoms with Crippen molar-refractivity contribution >= 4 is 0 Å². The molecule has 0 aliphatic carbocycles. The van der Waals surface area contributed by atoms with Gasteiger partial charge in [0.25, 0.3) is 0 Å². The van der Waals surface area contributed by atoms with Crippen LogP contribution in [-0.4, -0.2) is 37.6 Å². The Hall–Kier alpha value is -1.49. The van der Waals surface area contributed by atoms with Crippen molar-refractivity contribution in [2.24, 2.45) is 0 Å². The molecule has 4 nitrogen and oxygen atoms in total. The van der Waals surface area contributed by atoms with E-state index < -0.39 is 0 Å². The molecule has 1 aromatic carbocycles. The highest BCUT2D eigenvalue weighted by Gasteiger charge is 2.29. The Morgan fingerprint density at radius 1 is 1.14 bits per heavy atom. The first-order valence-electron chi connectivity index (χ1n) is 6.84. The predicted molar refractivity (Wildman–Crippen MR) is 76.3 cm³/mol. The number of allylic oxidation sites excluding steroid dienone is 2. The highest BCUT2D eigenvalue weighted by atomic mass is 35.5. The average molecular weight is 309 g/mol. The summed E-state index contributed by atoms with van der Waals surface area (Å²) in [5.41, 5.74) is 1.23. The van der Waals surface area contributed by atoms with Gasteiger partial charge in [-0.2, -0.15) is 0 Å². The fourth-order valence-corrected chi connectivity index (χ4v) is 2.47. The second-order valence-electron chi connectivity index (χ2n) is 4.85. The van der Waals surface area contributed by atoms with E-state index in [2.05, 4.69) is 29.3 Å².